The molecule has 0 bridgehead atoms. The van der Waals surface area contributed by atoms with Gasteiger partial charge in [0.2, 0.25) is 5.82 Å². The Bertz CT molecular complexity index is 1150. The van der Waals surface area contributed by atoms with Gasteiger partial charge in [0.15, 0.2) is 5.82 Å². The van der Waals surface area contributed by atoms with Crippen LogP contribution in [0.25, 0.3) is 16.4 Å². The monoisotopic (exact) mass is 418 g/mol. The summed E-state index contributed by atoms with van der Waals surface area (Å²) in [5.74, 6) is 0.246. The lowest BCUT2D eigenvalue weighted by Crippen LogP contribution is -2.24. The van der Waals surface area contributed by atoms with E-state index in [9.17, 15) is 9.59 Å². The van der Waals surface area contributed by atoms with Crippen LogP contribution in [0, 0.1) is 0 Å². The number of amides is 3. The van der Waals surface area contributed by atoms with E-state index in [1.807, 2.05) is 47.8 Å². The van der Waals surface area contributed by atoms with Gasteiger partial charge in [0.1, 0.15) is 0 Å². The Hall–Kier alpha value is -3.98. The van der Waals surface area contributed by atoms with Gasteiger partial charge in [-0.05, 0) is 47.8 Å². The molecule has 3 amide bonds. The number of thiophene rings is 1. The Morgan fingerprint density at radius 3 is 2.23 bits per heavy atom. The lowest BCUT2D eigenvalue weighted by atomic mass is 10.3. The van der Waals surface area contributed by atoms with Crippen molar-refractivity contribution in [2.24, 2.45) is 0 Å². The zero-order valence-electron chi connectivity index (χ0n) is 16.0. The molecule has 3 N–H and O–H groups in total. The maximum atomic E-state index is 12.8. The molecule has 0 saturated carbocycles. The van der Waals surface area contributed by atoms with Gasteiger partial charge in [0, 0.05) is 18.4 Å². The van der Waals surface area contributed by atoms with Crippen LogP contribution in [0.3, 0.4) is 0 Å². The minimum absolute atomic E-state index is 0.0646. The molecular weight excluding hydrogens is 400 g/mol. The number of nitrogens with zero attached hydrogens (tertiary/aromatic N) is 3. The van der Waals surface area contributed by atoms with Gasteiger partial charge in [0.25, 0.3) is 5.91 Å². The second kappa shape index (κ2) is 8.58. The van der Waals surface area contributed by atoms with Crippen molar-refractivity contribution in [2.45, 2.75) is 0 Å². The average Bonchev–Trinajstić information content (AvgIpc) is 3.45. The molecule has 0 aliphatic rings. The maximum absolute atomic E-state index is 12.8. The summed E-state index contributed by atoms with van der Waals surface area (Å²) in [6.07, 6.45) is 0. The van der Waals surface area contributed by atoms with E-state index in [1.54, 1.807) is 28.9 Å². The van der Waals surface area contributed by atoms with E-state index in [0.29, 0.717) is 17.2 Å². The summed E-state index contributed by atoms with van der Waals surface area (Å²) < 4.78 is 1.66. The molecule has 2 aromatic carbocycles. The van der Waals surface area contributed by atoms with Crippen LogP contribution in [0.1, 0.15) is 10.6 Å². The Labute approximate surface area is 176 Å². The molecule has 0 fully saturated rings. The van der Waals surface area contributed by atoms with Gasteiger partial charge >= 0.3 is 6.03 Å². The highest BCUT2D eigenvalue weighted by Gasteiger charge is 2.19. The molecule has 150 valence electrons. The van der Waals surface area contributed by atoms with Crippen LogP contribution in [-0.4, -0.2) is 33.8 Å². The van der Waals surface area contributed by atoms with Crippen molar-refractivity contribution in [1.29, 1.82) is 0 Å². The number of benzene rings is 2. The van der Waals surface area contributed by atoms with Crippen LogP contribution < -0.4 is 16.0 Å². The SMILES string of the molecule is CNC(=O)Nc1ccc(NC(=O)c2nc(-c3cccs3)n(-c3ccccc3)n2)cc1. The molecule has 0 atom stereocenters. The predicted octanol–water partition coefficient (Wildman–Crippen LogP) is 4.00. The van der Waals surface area contributed by atoms with Crippen molar-refractivity contribution >= 4 is 34.6 Å². The molecule has 0 saturated heterocycles. The summed E-state index contributed by atoms with van der Waals surface area (Å²) in [7, 11) is 1.54. The largest absolute Gasteiger partial charge is 0.341 e. The number of carbonyl (C=O) groups is 2. The number of rotatable bonds is 5. The van der Waals surface area contributed by atoms with E-state index < -0.39 is 5.91 Å². The summed E-state index contributed by atoms with van der Waals surface area (Å²) in [6, 6.07) is 19.9. The minimum atomic E-state index is -0.422. The quantitative estimate of drug-likeness (QED) is 0.456. The fourth-order valence-electron chi connectivity index (χ4n) is 2.74. The smallest absolute Gasteiger partial charge is 0.318 e. The van der Waals surface area contributed by atoms with E-state index in [2.05, 4.69) is 26.0 Å². The fourth-order valence-corrected chi connectivity index (χ4v) is 3.44. The molecule has 0 unspecified atom stereocenters. The lowest BCUT2D eigenvalue weighted by molar-refractivity contribution is 0.101. The Morgan fingerprint density at radius 2 is 1.60 bits per heavy atom. The van der Waals surface area contributed by atoms with Gasteiger partial charge in [-0.25, -0.2) is 14.5 Å². The molecule has 9 heteroatoms. The number of hydrogen-bond donors (Lipinski definition) is 3. The van der Waals surface area contributed by atoms with Crippen molar-refractivity contribution in [3.05, 3.63) is 77.9 Å². The van der Waals surface area contributed by atoms with Crippen molar-refractivity contribution in [2.75, 3.05) is 17.7 Å². The molecule has 30 heavy (non-hydrogen) atoms. The number of aromatic nitrogens is 3. The first-order chi connectivity index (χ1) is 14.6. The molecule has 4 aromatic rings. The van der Waals surface area contributed by atoms with E-state index in [1.165, 1.54) is 18.4 Å². The minimum Gasteiger partial charge on any atom is -0.341 e. The summed E-state index contributed by atoms with van der Waals surface area (Å²) in [5.41, 5.74) is 1.99. The Balaban J connectivity index is 1.58. The normalized spacial score (nSPS) is 10.4. The van der Waals surface area contributed by atoms with Crippen LogP contribution in [0.2, 0.25) is 0 Å². The van der Waals surface area contributed by atoms with E-state index in [0.717, 1.165) is 10.6 Å². The Morgan fingerprint density at radius 1 is 0.900 bits per heavy atom. The average molecular weight is 418 g/mol. The van der Waals surface area contributed by atoms with Gasteiger partial charge in [-0.2, -0.15) is 0 Å². The van der Waals surface area contributed by atoms with E-state index in [4.69, 9.17) is 0 Å². The van der Waals surface area contributed by atoms with Gasteiger partial charge in [0.05, 0.1) is 10.6 Å². The molecule has 8 nitrogen and oxygen atoms in total. The summed E-state index contributed by atoms with van der Waals surface area (Å²) in [4.78, 5) is 29.5. The molecule has 0 radical (unpaired) electrons. The molecule has 2 aromatic heterocycles. The van der Waals surface area contributed by atoms with Crippen LogP contribution in [-0.2, 0) is 0 Å². The number of nitrogens with one attached hydrogen (secondary N) is 3. The third kappa shape index (κ3) is 4.20. The topological polar surface area (TPSA) is 101 Å². The first-order valence-electron chi connectivity index (χ1n) is 9.10. The molecule has 0 spiro atoms. The van der Waals surface area contributed by atoms with Crippen molar-refractivity contribution < 1.29 is 9.59 Å². The van der Waals surface area contributed by atoms with Gasteiger partial charge in [-0.1, -0.05) is 24.3 Å². The van der Waals surface area contributed by atoms with Crippen molar-refractivity contribution in [3.63, 3.8) is 0 Å². The number of carbonyl (C=O) groups excluding carboxylic acids is 2. The van der Waals surface area contributed by atoms with Crippen molar-refractivity contribution in [1.82, 2.24) is 20.1 Å². The highest BCUT2D eigenvalue weighted by molar-refractivity contribution is 7.13. The number of para-hydroxylation sites is 1. The number of urea groups is 1. The number of anilines is 2. The van der Waals surface area contributed by atoms with Gasteiger partial charge in [-0.15, -0.1) is 16.4 Å². The zero-order chi connectivity index (χ0) is 20.9. The summed E-state index contributed by atoms with van der Waals surface area (Å²) in [6.45, 7) is 0. The highest BCUT2D eigenvalue weighted by Crippen LogP contribution is 2.25. The Kier molecular flexibility index (Phi) is 5.53. The van der Waals surface area contributed by atoms with Crippen molar-refractivity contribution in [3.8, 4) is 16.4 Å². The zero-order valence-corrected chi connectivity index (χ0v) is 16.8. The van der Waals surface area contributed by atoms with E-state index in [-0.39, 0.29) is 11.9 Å². The fraction of sp³-hybridized carbons (Fsp3) is 0.0476. The maximum Gasteiger partial charge on any atom is 0.318 e. The highest BCUT2D eigenvalue weighted by atomic mass is 32.1. The number of hydrogen-bond acceptors (Lipinski definition) is 5. The van der Waals surface area contributed by atoms with Gasteiger partial charge < -0.3 is 16.0 Å². The standard InChI is InChI=1S/C21H18N6O2S/c1-22-21(29)24-15-11-9-14(10-12-15)23-20(28)18-25-19(17-8-5-13-30-17)27(26-18)16-6-3-2-4-7-16/h2-13H,1H3,(H,23,28)(H2,22,24,29). The first kappa shape index (κ1) is 19.3. The third-order valence-corrected chi connectivity index (χ3v) is 5.05. The first-order valence-corrected chi connectivity index (χ1v) is 9.98. The second-order valence-corrected chi connectivity index (χ2v) is 7.17. The molecular formula is C21H18N6O2S. The summed E-state index contributed by atoms with van der Waals surface area (Å²) in [5, 5.41) is 14.3. The van der Waals surface area contributed by atoms with E-state index >= 15 is 0 Å². The van der Waals surface area contributed by atoms with Crippen LogP contribution in [0.5, 0.6) is 0 Å². The summed E-state index contributed by atoms with van der Waals surface area (Å²) >= 11 is 1.53. The molecule has 0 aliphatic carbocycles. The molecule has 2 heterocycles. The molecule has 4 rings (SSSR count). The van der Waals surface area contributed by atoms with Gasteiger partial charge in [-0.3, -0.25) is 4.79 Å². The van der Waals surface area contributed by atoms with Crippen LogP contribution >= 0.6 is 11.3 Å². The third-order valence-electron chi connectivity index (χ3n) is 4.18. The molecule has 0 aliphatic heterocycles. The van der Waals surface area contributed by atoms with Crippen LogP contribution in [0.15, 0.2) is 72.1 Å². The van der Waals surface area contributed by atoms with Crippen LogP contribution in [0.4, 0.5) is 16.2 Å². The predicted molar refractivity (Wildman–Crippen MR) is 117 cm³/mol. The lowest BCUT2D eigenvalue weighted by Gasteiger charge is -2.06. The second-order valence-electron chi connectivity index (χ2n) is 6.22.